The number of nitrogens with one attached hydrogen (secondary N) is 1. The smallest absolute Gasteiger partial charge is 0.258 e. The summed E-state index contributed by atoms with van der Waals surface area (Å²) in [5.74, 6) is -1.04. The van der Waals surface area contributed by atoms with E-state index in [9.17, 15) is 18.7 Å². The van der Waals surface area contributed by atoms with Gasteiger partial charge in [-0.1, -0.05) is 18.2 Å². The van der Waals surface area contributed by atoms with Gasteiger partial charge in [0.15, 0.2) is 0 Å². The Kier molecular flexibility index (Phi) is 6.05. The summed E-state index contributed by atoms with van der Waals surface area (Å²) >= 11 is 0. The standard InChI is InChI=1S/C27H24F2N4O2/c1-32-10-12-33(13-11-32)25-9-7-20(15-24(25)29)30-16-23-22-14-18(17-2-5-19(28)6-3-17)4-8-21(22)26(34)31-27(23)35/h2-9,14-16H,10-13H2,1H3,(H2,31,34,35). The van der Waals surface area contributed by atoms with Crippen molar-refractivity contribution in [3.63, 3.8) is 0 Å². The van der Waals surface area contributed by atoms with Crippen molar-refractivity contribution in [1.82, 2.24) is 9.88 Å². The Hall–Kier alpha value is -4.04. The van der Waals surface area contributed by atoms with Crippen LogP contribution in [-0.2, 0) is 0 Å². The summed E-state index contributed by atoms with van der Waals surface area (Å²) in [6.45, 7) is 3.25. The van der Waals surface area contributed by atoms with Crippen LogP contribution in [0.3, 0.4) is 0 Å². The predicted octanol–water partition coefficient (Wildman–Crippen LogP) is 4.68. The number of piperazine rings is 1. The molecule has 2 heterocycles. The van der Waals surface area contributed by atoms with Gasteiger partial charge in [0.25, 0.3) is 5.56 Å². The number of hydrogen-bond acceptors (Lipinski definition) is 5. The van der Waals surface area contributed by atoms with Gasteiger partial charge in [0.05, 0.1) is 16.9 Å². The largest absolute Gasteiger partial charge is 0.494 e. The lowest BCUT2D eigenvalue weighted by Gasteiger charge is -2.34. The number of aliphatic imine (C=N–C) groups is 1. The second kappa shape index (κ2) is 9.31. The molecule has 1 aliphatic rings. The average Bonchev–Trinajstić information content (AvgIpc) is 2.85. The minimum Gasteiger partial charge on any atom is -0.494 e. The Balaban J connectivity index is 1.50. The molecule has 5 rings (SSSR count). The monoisotopic (exact) mass is 474 g/mol. The van der Waals surface area contributed by atoms with Gasteiger partial charge in [-0.05, 0) is 54.6 Å². The quantitative estimate of drug-likeness (QED) is 0.422. The fourth-order valence-corrected chi connectivity index (χ4v) is 4.31. The summed E-state index contributed by atoms with van der Waals surface area (Å²) in [7, 11) is 2.05. The summed E-state index contributed by atoms with van der Waals surface area (Å²) in [4.78, 5) is 23.4. The number of aromatic nitrogens is 1. The maximum Gasteiger partial charge on any atom is 0.258 e. The normalized spacial score (nSPS) is 14.8. The molecule has 0 aliphatic carbocycles. The number of aromatic amines is 1. The van der Waals surface area contributed by atoms with Crippen molar-refractivity contribution < 1.29 is 13.9 Å². The summed E-state index contributed by atoms with van der Waals surface area (Å²) in [6, 6.07) is 15.9. The predicted molar refractivity (Wildman–Crippen MR) is 135 cm³/mol. The number of fused-ring (bicyclic) bond motifs is 1. The number of H-pyrrole nitrogens is 1. The second-order valence-electron chi connectivity index (χ2n) is 8.67. The van der Waals surface area contributed by atoms with Gasteiger partial charge in [0, 0.05) is 49.2 Å². The fourth-order valence-electron chi connectivity index (χ4n) is 4.31. The second-order valence-corrected chi connectivity index (χ2v) is 8.67. The van der Waals surface area contributed by atoms with Crippen LogP contribution in [0, 0.1) is 11.6 Å². The van der Waals surface area contributed by atoms with E-state index in [0.717, 1.165) is 37.3 Å². The van der Waals surface area contributed by atoms with Crippen LogP contribution in [-0.4, -0.2) is 54.4 Å². The molecule has 6 nitrogen and oxygen atoms in total. The van der Waals surface area contributed by atoms with Gasteiger partial charge in [-0.25, -0.2) is 8.78 Å². The molecule has 8 heteroatoms. The van der Waals surface area contributed by atoms with E-state index < -0.39 is 5.56 Å². The Labute approximate surface area is 200 Å². The highest BCUT2D eigenvalue weighted by atomic mass is 19.1. The number of halogens is 2. The number of anilines is 1. The van der Waals surface area contributed by atoms with Gasteiger partial charge >= 0.3 is 0 Å². The molecule has 0 atom stereocenters. The molecule has 0 amide bonds. The van der Waals surface area contributed by atoms with E-state index in [4.69, 9.17) is 0 Å². The van der Waals surface area contributed by atoms with Crippen LogP contribution in [0.25, 0.3) is 21.9 Å². The van der Waals surface area contributed by atoms with Gasteiger partial charge in [0.2, 0.25) is 5.88 Å². The van der Waals surface area contributed by atoms with Crippen LogP contribution in [0.4, 0.5) is 20.2 Å². The lowest BCUT2D eigenvalue weighted by atomic mass is 9.99. The van der Waals surface area contributed by atoms with E-state index in [2.05, 4.69) is 14.9 Å². The van der Waals surface area contributed by atoms with Crippen molar-refractivity contribution in [1.29, 1.82) is 0 Å². The molecule has 1 saturated heterocycles. The lowest BCUT2D eigenvalue weighted by Crippen LogP contribution is -2.44. The highest BCUT2D eigenvalue weighted by Crippen LogP contribution is 2.29. The Morgan fingerprint density at radius 3 is 2.34 bits per heavy atom. The van der Waals surface area contributed by atoms with Crippen LogP contribution >= 0.6 is 0 Å². The van der Waals surface area contributed by atoms with Gasteiger partial charge in [-0.3, -0.25) is 14.8 Å². The molecule has 0 saturated carbocycles. The first-order valence-corrected chi connectivity index (χ1v) is 11.3. The first-order chi connectivity index (χ1) is 16.9. The van der Waals surface area contributed by atoms with Crippen molar-refractivity contribution in [3.8, 4) is 17.0 Å². The zero-order valence-electron chi connectivity index (χ0n) is 19.1. The van der Waals surface area contributed by atoms with Crippen LogP contribution < -0.4 is 10.5 Å². The molecule has 178 valence electrons. The van der Waals surface area contributed by atoms with E-state index >= 15 is 0 Å². The Morgan fingerprint density at radius 1 is 0.914 bits per heavy atom. The highest BCUT2D eigenvalue weighted by molar-refractivity contribution is 6.03. The van der Waals surface area contributed by atoms with E-state index in [1.165, 1.54) is 24.4 Å². The van der Waals surface area contributed by atoms with Gasteiger partial charge in [0.1, 0.15) is 11.6 Å². The number of nitrogens with zero attached hydrogens (tertiary/aromatic N) is 3. The zero-order chi connectivity index (χ0) is 24.5. The number of hydrogen-bond donors (Lipinski definition) is 2. The molecule has 4 aromatic rings. The van der Waals surface area contributed by atoms with Crippen LogP contribution in [0.2, 0.25) is 0 Å². The maximum absolute atomic E-state index is 14.9. The summed E-state index contributed by atoms with van der Waals surface area (Å²) in [5.41, 5.74) is 2.29. The fraction of sp³-hybridized carbons (Fsp3) is 0.185. The number of benzene rings is 3. The van der Waals surface area contributed by atoms with E-state index in [1.54, 1.807) is 42.5 Å². The third kappa shape index (κ3) is 4.65. The Morgan fingerprint density at radius 2 is 1.63 bits per heavy atom. The first-order valence-electron chi connectivity index (χ1n) is 11.3. The molecule has 0 unspecified atom stereocenters. The lowest BCUT2D eigenvalue weighted by molar-refractivity contribution is 0.311. The third-order valence-electron chi connectivity index (χ3n) is 6.34. The van der Waals surface area contributed by atoms with Crippen molar-refractivity contribution in [2.24, 2.45) is 4.99 Å². The van der Waals surface area contributed by atoms with Crippen molar-refractivity contribution in [2.75, 3.05) is 38.1 Å². The number of aromatic hydroxyl groups is 1. The van der Waals surface area contributed by atoms with Crippen molar-refractivity contribution in [3.05, 3.63) is 88.2 Å². The van der Waals surface area contributed by atoms with Gasteiger partial charge in [-0.2, -0.15) is 0 Å². The summed E-state index contributed by atoms with van der Waals surface area (Å²) in [5, 5.41) is 11.3. The van der Waals surface area contributed by atoms with Gasteiger partial charge < -0.3 is 14.9 Å². The molecule has 0 bridgehead atoms. The Bertz CT molecular complexity index is 1470. The molecule has 0 spiro atoms. The molecule has 0 radical (unpaired) electrons. The maximum atomic E-state index is 14.9. The summed E-state index contributed by atoms with van der Waals surface area (Å²) < 4.78 is 28.2. The minimum absolute atomic E-state index is 0.298. The topological polar surface area (TPSA) is 71.9 Å². The van der Waals surface area contributed by atoms with Crippen LogP contribution in [0.5, 0.6) is 5.88 Å². The van der Waals surface area contributed by atoms with Gasteiger partial charge in [-0.15, -0.1) is 0 Å². The molecular weight excluding hydrogens is 450 g/mol. The zero-order valence-corrected chi connectivity index (χ0v) is 19.1. The van der Waals surface area contributed by atoms with E-state index in [-0.39, 0.29) is 17.5 Å². The highest BCUT2D eigenvalue weighted by Gasteiger charge is 2.17. The molecule has 1 fully saturated rings. The third-order valence-corrected chi connectivity index (χ3v) is 6.34. The number of rotatable bonds is 4. The molecular formula is C27H24F2N4O2. The van der Waals surface area contributed by atoms with E-state index in [0.29, 0.717) is 27.7 Å². The average molecular weight is 475 g/mol. The van der Waals surface area contributed by atoms with Crippen LogP contribution in [0.15, 0.2) is 70.5 Å². The number of likely N-dealkylation sites (N-methyl/N-ethyl adjacent to an activating group) is 1. The molecule has 3 aromatic carbocycles. The SMILES string of the molecule is CN1CCN(c2ccc(N=Cc3c(O)[nH]c(=O)c4ccc(-c5ccc(F)cc5)cc34)cc2F)CC1. The molecule has 35 heavy (non-hydrogen) atoms. The molecule has 1 aromatic heterocycles. The van der Waals surface area contributed by atoms with Crippen molar-refractivity contribution >= 4 is 28.4 Å². The molecule has 1 aliphatic heterocycles. The summed E-state index contributed by atoms with van der Waals surface area (Å²) in [6.07, 6.45) is 1.41. The molecule has 2 N–H and O–H groups in total. The van der Waals surface area contributed by atoms with Crippen molar-refractivity contribution in [2.45, 2.75) is 0 Å². The first kappa shape index (κ1) is 22.7. The number of pyridine rings is 1. The van der Waals surface area contributed by atoms with Crippen LogP contribution in [0.1, 0.15) is 5.56 Å². The van der Waals surface area contributed by atoms with E-state index in [1.807, 2.05) is 11.9 Å². The minimum atomic E-state index is -0.442.